The van der Waals surface area contributed by atoms with Crippen molar-refractivity contribution in [1.29, 1.82) is 0 Å². The number of hydrogen-bond acceptors (Lipinski definition) is 8. The lowest BCUT2D eigenvalue weighted by atomic mass is 10.3. The molecule has 2 rings (SSSR count). The number of nitrogens with one attached hydrogen (secondary N) is 1. The zero-order chi connectivity index (χ0) is 14.7. The van der Waals surface area contributed by atoms with E-state index >= 15 is 0 Å². The van der Waals surface area contributed by atoms with Crippen LogP contribution in [0.2, 0.25) is 0 Å². The van der Waals surface area contributed by atoms with Crippen molar-refractivity contribution in [3.05, 3.63) is 32.5 Å². The molecule has 0 aliphatic rings. The van der Waals surface area contributed by atoms with Crippen molar-refractivity contribution < 1.29 is 4.92 Å². The minimum atomic E-state index is -0.482. The molecule has 0 radical (unpaired) electrons. The monoisotopic (exact) mass is 294 g/mol. The highest BCUT2D eigenvalue weighted by Gasteiger charge is 2.25. The van der Waals surface area contributed by atoms with Crippen LogP contribution in [0, 0.1) is 17.0 Å². The summed E-state index contributed by atoms with van der Waals surface area (Å²) in [5.74, 6) is 0.460. The number of nitrogens with zero attached hydrogens (tertiary/aromatic N) is 5. The van der Waals surface area contributed by atoms with Gasteiger partial charge in [-0.15, -0.1) is 11.3 Å². The van der Waals surface area contributed by atoms with Gasteiger partial charge in [0.05, 0.1) is 22.2 Å². The largest absolute Gasteiger partial charge is 0.367 e. The second kappa shape index (κ2) is 5.78. The third kappa shape index (κ3) is 2.82. The van der Waals surface area contributed by atoms with Gasteiger partial charge in [0.15, 0.2) is 0 Å². The van der Waals surface area contributed by atoms with Crippen LogP contribution in [0.25, 0.3) is 0 Å². The molecule has 2 heterocycles. The van der Waals surface area contributed by atoms with Gasteiger partial charge in [-0.05, 0) is 6.92 Å². The fourth-order valence-electron chi connectivity index (χ4n) is 1.80. The normalized spacial score (nSPS) is 10.3. The predicted octanol–water partition coefficient (Wildman–Crippen LogP) is 1.83. The summed E-state index contributed by atoms with van der Waals surface area (Å²) < 4.78 is 0. The van der Waals surface area contributed by atoms with Crippen LogP contribution < -0.4 is 10.2 Å². The minimum Gasteiger partial charge on any atom is -0.367 e. The van der Waals surface area contributed by atoms with Gasteiger partial charge in [-0.2, -0.15) is 0 Å². The van der Waals surface area contributed by atoms with Crippen LogP contribution in [0.4, 0.5) is 17.3 Å². The predicted molar refractivity (Wildman–Crippen MR) is 77.2 cm³/mol. The summed E-state index contributed by atoms with van der Waals surface area (Å²) in [6.07, 6.45) is 1.30. The Balaban J connectivity index is 2.34. The Labute approximate surface area is 119 Å². The lowest BCUT2D eigenvalue weighted by Gasteiger charge is -2.17. The van der Waals surface area contributed by atoms with Crippen LogP contribution in [-0.2, 0) is 6.54 Å². The molecule has 0 bridgehead atoms. The Morgan fingerprint density at radius 1 is 1.50 bits per heavy atom. The number of thiazole rings is 1. The van der Waals surface area contributed by atoms with Crippen molar-refractivity contribution in [3.63, 3.8) is 0 Å². The lowest BCUT2D eigenvalue weighted by molar-refractivity contribution is -0.383. The van der Waals surface area contributed by atoms with E-state index in [1.165, 1.54) is 6.33 Å². The summed E-state index contributed by atoms with van der Waals surface area (Å²) in [5.41, 5.74) is 0.721. The van der Waals surface area contributed by atoms with E-state index in [9.17, 15) is 10.1 Å². The van der Waals surface area contributed by atoms with Gasteiger partial charge < -0.3 is 10.2 Å². The van der Waals surface area contributed by atoms with Gasteiger partial charge in [0.25, 0.3) is 0 Å². The fraction of sp³-hybridized carbons (Fsp3) is 0.364. The topological polar surface area (TPSA) is 97.1 Å². The van der Waals surface area contributed by atoms with Crippen molar-refractivity contribution in [1.82, 2.24) is 15.0 Å². The molecule has 0 unspecified atom stereocenters. The van der Waals surface area contributed by atoms with Gasteiger partial charge in [-0.25, -0.2) is 15.0 Å². The van der Waals surface area contributed by atoms with E-state index in [2.05, 4.69) is 20.3 Å². The maximum Gasteiger partial charge on any atom is 0.353 e. The maximum absolute atomic E-state index is 11.2. The molecule has 0 atom stereocenters. The second-order valence-corrected chi connectivity index (χ2v) is 5.18. The molecule has 0 aliphatic heterocycles. The molecule has 1 N–H and O–H groups in total. The van der Waals surface area contributed by atoms with Gasteiger partial charge in [0.1, 0.15) is 6.33 Å². The van der Waals surface area contributed by atoms with Gasteiger partial charge in [-0.1, -0.05) is 0 Å². The first-order valence-electron chi connectivity index (χ1n) is 5.82. The zero-order valence-corrected chi connectivity index (χ0v) is 12.1. The van der Waals surface area contributed by atoms with Crippen LogP contribution in [0.1, 0.15) is 10.7 Å². The molecule has 2 aromatic rings. The van der Waals surface area contributed by atoms with E-state index in [4.69, 9.17) is 0 Å². The van der Waals surface area contributed by atoms with E-state index in [0.29, 0.717) is 6.54 Å². The maximum atomic E-state index is 11.2. The number of nitro groups is 1. The number of anilines is 2. The van der Waals surface area contributed by atoms with Crippen LogP contribution in [0.15, 0.2) is 11.7 Å². The molecule has 0 spiro atoms. The van der Waals surface area contributed by atoms with Crippen molar-refractivity contribution >= 4 is 28.7 Å². The molecular weight excluding hydrogens is 280 g/mol. The van der Waals surface area contributed by atoms with E-state index < -0.39 is 4.92 Å². The third-order valence-corrected chi connectivity index (χ3v) is 3.47. The first kappa shape index (κ1) is 14.1. The van der Waals surface area contributed by atoms with Crippen molar-refractivity contribution in [3.8, 4) is 0 Å². The average molecular weight is 294 g/mol. The molecule has 20 heavy (non-hydrogen) atoms. The second-order valence-electron chi connectivity index (χ2n) is 4.12. The average Bonchev–Trinajstić information content (AvgIpc) is 2.82. The Hall–Kier alpha value is -2.29. The Kier molecular flexibility index (Phi) is 4.08. The van der Waals surface area contributed by atoms with Gasteiger partial charge in [-0.3, -0.25) is 10.1 Å². The first-order valence-corrected chi connectivity index (χ1v) is 6.70. The van der Waals surface area contributed by atoms with E-state index in [0.717, 1.165) is 10.7 Å². The number of hydrogen-bond donors (Lipinski definition) is 1. The first-order chi connectivity index (χ1) is 9.52. The number of aromatic nitrogens is 3. The SMILES string of the molecule is CNc1ncnc(N(C)Cc2csc(C)n2)c1[N+](=O)[O-]. The molecule has 0 fully saturated rings. The summed E-state index contributed by atoms with van der Waals surface area (Å²) in [5, 5.41) is 16.8. The molecule has 106 valence electrons. The summed E-state index contributed by atoms with van der Waals surface area (Å²) in [6.45, 7) is 2.37. The highest BCUT2D eigenvalue weighted by atomic mass is 32.1. The van der Waals surface area contributed by atoms with Gasteiger partial charge in [0, 0.05) is 19.5 Å². The molecule has 0 saturated heterocycles. The molecule has 0 aromatic carbocycles. The number of aryl methyl sites for hydroxylation is 1. The molecular formula is C11H14N6O2S. The third-order valence-electron chi connectivity index (χ3n) is 2.65. The Morgan fingerprint density at radius 3 is 2.80 bits per heavy atom. The summed E-state index contributed by atoms with van der Waals surface area (Å²) in [6, 6.07) is 0. The zero-order valence-electron chi connectivity index (χ0n) is 11.3. The van der Waals surface area contributed by atoms with Gasteiger partial charge >= 0.3 is 5.69 Å². The summed E-state index contributed by atoms with van der Waals surface area (Å²) >= 11 is 1.54. The quantitative estimate of drug-likeness (QED) is 0.663. The van der Waals surface area contributed by atoms with Crippen molar-refractivity contribution in [2.24, 2.45) is 0 Å². The standard InChI is InChI=1S/C11H14N6O2S/c1-7-15-8(5-20-7)4-16(3)11-9(17(18)19)10(12-2)13-6-14-11/h5-6H,4H2,1-3H3,(H,12,13,14). The van der Waals surface area contributed by atoms with Crippen molar-refractivity contribution in [2.75, 3.05) is 24.3 Å². The lowest BCUT2D eigenvalue weighted by Crippen LogP contribution is -2.20. The molecule has 0 saturated carbocycles. The van der Waals surface area contributed by atoms with E-state index in [-0.39, 0.29) is 17.3 Å². The summed E-state index contributed by atoms with van der Waals surface area (Å²) in [7, 11) is 3.33. The van der Waals surface area contributed by atoms with Crippen LogP contribution in [0.3, 0.4) is 0 Å². The molecule has 0 aliphatic carbocycles. The Morgan fingerprint density at radius 2 is 2.25 bits per heavy atom. The van der Waals surface area contributed by atoms with Crippen LogP contribution in [0.5, 0.6) is 0 Å². The van der Waals surface area contributed by atoms with Crippen LogP contribution >= 0.6 is 11.3 Å². The fourth-order valence-corrected chi connectivity index (χ4v) is 2.40. The van der Waals surface area contributed by atoms with Crippen LogP contribution in [-0.4, -0.2) is 34.0 Å². The molecule has 8 nitrogen and oxygen atoms in total. The highest BCUT2D eigenvalue weighted by molar-refractivity contribution is 7.09. The van der Waals surface area contributed by atoms with Gasteiger partial charge in [0.2, 0.25) is 11.6 Å². The summed E-state index contributed by atoms with van der Waals surface area (Å²) in [4.78, 5) is 24.6. The molecule has 9 heteroatoms. The van der Waals surface area contributed by atoms with E-state index in [1.54, 1.807) is 30.3 Å². The van der Waals surface area contributed by atoms with Crippen molar-refractivity contribution in [2.45, 2.75) is 13.5 Å². The molecule has 2 aromatic heterocycles. The minimum absolute atomic E-state index is 0.135. The van der Waals surface area contributed by atoms with E-state index in [1.807, 2.05) is 12.3 Å². The highest BCUT2D eigenvalue weighted by Crippen LogP contribution is 2.31. The Bertz CT molecular complexity index is 629. The number of rotatable bonds is 5. The smallest absolute Gasteiger partial charge is 0.353 e. The molecule has 0 amide bonds.